The van der Waals surface area contributed by atoms with Crippen molar-refractivity contribution in [3.05, 3.63) is 38.9 Å². The van der Waals surface area contributed by atoms with Crippen LogP contribution in [0, 0.1) is 6.92 Å². The van der Waals surface area contributed by atoms with Crippen molar-refractivity contribution in [2.24, 2.45) is 4.40 Å². The van der Waals surface area contributed by atoms with Crippen LogP contribution >= 0.6 is 24.4 Å². The van der Waals surface area contributed by atoms with Crippen LogP contribution in [0.25, 0.3) is 10.9 Å². The molecule has 0 bridgehead atoms. The first-order valence-corrected chi connectivity index (χ1v) is 5.27. The summed E-state index contributed by atoms with van der Waals surface area (Å²) in [5.74, 6) is 0.559. The lowest BCUT2D eigenvalue weighted by atomic mass is 10.1. The van der Waals surface area contributed by atoms with Crippen LogP contribution in [-0.2, 0) is 0 Å². The number of aromatic nitrogens is 2. The summed E-state index contributed by atoms with van der Waals surface area (Å²) in [6.45, 7) is 1.72. The van der Waals surface area contributed by atoms with Gasteiger partial charge in [0, 0.05) is 11.8 Å². The molecule has 6 heteroatoms. The second-order valence-corrected chi connectivity index (χ2v) is 3.92. The largest absolute Gasteiger partial charge is 0.310 e. The zero-order valence-corrected chi connectivity index (χ0v) is 10.0. The summed E-state index contributed by atoms with van der Waals surface area (Å²) in [4.78, 5) is 18.5. The monoisotopic (exact) mass is 253 g/mol. The molecule has 0 radical (unpaired) electrons. The van der Waals surface area contributed by atoms with E-state index in [2.05, 4.69) is 27.2 Å². The third-order valence-corrected chi connectivity index (χ3v) is 2.58. The van der Waals surface area contributed by atoms with Gasteiger partial charge in [-0.25, -0.2) is 9.38 Å². The normalized spacial score (nSPS) is 11.4. The lowest BCUT2D eigenvalue weighted by Gasteiger charge is -2.02. The number of thiol groups is 1. The Morgan fingerprint density at radius 3 is 3.00 bits per heavy atom. The molecule has 0 fully saturated rings. The van der Waals surface area contributed by atoms with Gasteiger partial charge in [0.1, 0.15) is 5.82 Å². The summed E-state index contributed by atoms with van der Waals surface area (Å²) in [7, 11) is 0. The van der Waals surface area contributed by atoms with Gasteiger partial charge in [0.25, 0.3) is 5.56 Å². The van der Waals surface area contributed by atoms with Gasteiger partial charge in [0.15, 0.2) is 0 Å². The van der Waals surface area contributed by atoms with Gasteiger partial charge < -0.3 is 4.98 Å². The van der Waals surface area contributed by atoms with E-state index < -0.39 is 0 Å². The van der Waals surface area contributed by atoms with Crippen molar-refractivity contribution in [2.75, 3.05) is 0 Å². The first kappa shape index (κ1) is 11.2. The Kier molecular flexibility index (Phi) is 2.98. The SMILES string of the molecule is Cc1nc2cc(Cl)c(/C=N/S)cc2c(=O)[nH]1. The average Bonchev–Trinajstić information content (AvgIpc) is 2.20. The summed E-state index contributed by atoms with van der Waals surface area (Å²) >= 11 is 9.73. The van der Waals surface area contributed by atoms with Crippen molar-refractivity contribution in [3.8, 4) is 0 Å². The molecule has 1 heterocycles. The number of rotatable bonds is 1. The standard InChI is InChI=1S/C10H8ClN3OS/c1-5-13-9-3-8(11)6(4-12-16)2-7(9)10(15)14-5/h2-4,16H,1H3,(H,13,14,15)/b12-4+. The molecule has 2 aromatic rings. The van der Waals surface area contributed by atoms with Gasteiger partial charge in [-0.1, -0.05) is 11.6 Å². The Morgan fingerprint density at radius 1 is 1.56 bits per heavy atom. The van der Waals surface area contributed by atoms with Crippen molar-refractivity contribution in [1.82, 2.24) is 9.97 Å². The maximum Gasteiger partial charge on any atom is 0.258 e. The number of benzene rings is 1. The Balaban J connectivity index is 2.84. The summed E-state index contributed by atoms with van der Waals surface area (Å²) in [6.07, 6.45) is 1.48. The molecule has 0 saturated carbocycles. The highest BCUT2D eigenvalue weighted by atomic mass is 35.5. The zero-order chi connectivity index (χ0) is 11.7. The molecular weight excluding hydrogens is 246 g/mol. The molecule has 0 spiro atoms. The number of hydrogen-bond acceptors (Lipinski definition) is 4. The Morgan fingerprint density at radius 2 is 2.31 bits per heavy atom. The van der Waals surface area contributed by atoms with Gasteiger partial charge in [0.05, 0.1) is 15.9 Å². The van der Waals surface area contributed by atoms with Gasteiger partial charge in [-0.05, 0) is 31.9 Å². The predicted molar refractivity (Wildman–Crippen MR) is 68.7 cm³/mol. The minimum atomic E-state index is -0.187. The molecule has 0 aliphatic carbocycles. The molecule has 1 N–H and O–H groups in total. The number of nitrogens with one attached hydrogen (secondary N) is 1. The number of hydrogen-bond donors (Lipinski definition) is 2. The Labute approximate surface area is 102 Å². The number of aryl methyl sites for hydroxylation is 1. The molecule has 0 unspecified atom stereocenters. The van der Waals surface area contributed by atoms with Crippen LogP contribution in [0.5, 0.6) is 0 Å². The number of H-pyrrole nitrogens is 1. The lowest BCUT2D eigenvalue weighted by Crippen LogP contribution is -2.10. The summed E-state index contributed by atoms with van der Waals surface area (Å²) in [6, 6.07) is 3.28. The molecule has 1 aromatic carbocycles. The minimum Gasteiger partial charge on any atom is -0.310 e. The molecular formula is C10H8ClN3OS. The van der Waals surface area contributed by atoms with E-state index in [4.69, 9.17) is 11.6 Å². The fourth-order valence-corrected chi connectivity index (χ4v) is 1.79. The first-order chi connectivity index (χ1) is 7.61. The van der Waals surface area contributed by atoms with Crippen molar-refractivity contribution in [2.45, 2.75) is 6.92 Å². The van der Waals surface area contributed by atoms with E-state index in [0.717, 1.165) is 0 Å². The fourth-order valence-electron chi connectivity index (χ4n) is 1.46. The highest BCUT2D eigenvalue weighted by Crippen LogP contribution is 2.19. The van der Waals surface area contributed by atoms with E-state index in [0.29, 0.717) is 27.3 Å². The summed E-state index contributed by atoms with van der Waals surface area (Å²) in [5, 5.41) is 0.973. The summed E-state index contributed by atoms with van der Waals surface area (Å²) in [5.41, 5.74) is 1.02. The Hall–Kier alpha value is -1.33. The van der Waals surface area contributed by atoms with Crippen LogP contribution in [0.2, 0.25) is 5.02 Å². The molecule has 16 heavy (non-hydrogen) atoms. The molecule has 0 aliphatic rings. The molecule has 2 rings (SSSR count). The quantitative estimate of drug-likeness (QED) is 0.604. The second-order valence-electron chi connectivity index (χ2n) is 3.29. The molecule has 0 aliphatic heterocycles. The van der Waals surface area contributed by atoms with Crippen LogP contribution in [0.15, 0.2) is 21.3 Å². The van der Waals surface area contributed by atoms with Gasteiger partial charge >= 0.3 is 0 Å². The minimum absolute atomic E-state index is 0.187. The van der Waals surface area contributed by atoms with Crippen LogP contribution < -0.4 is 5.56 Å². The lowest BCUT2D eigenvalue weighted by molar-refractivity contribution is 1.06. The topological polar surface area (TPSA) is 58.1 Å². The number of aromatic amines is 1. The smallest absolute Gasteiger partial charge is 0.258 e. The van der Waals surface area contributed by atoms with Crippen molar-refractivity contribution >= 4 is 41.5 Å². The number of nitrogens with zero attached hydrogens (tertiary/aromatic N) is 2. The fraction of sp³-hybridized carbons (Fsp3) is 0.100. The summed E-state index contributed by atoms with van der Waals surface area (Å²) < 4.78 is 3.57. The van der Waals surface area contributed by atoms with Crippen LogP contribution in [0.4, 0.5) is 0 Å². The second kappa shape index (κ2) is 4.27. The molecule has 0 saturated heterocycles. The van der Waals surface area contributed by atoms with E-state index in [-0.39, 0.29) is 5.56 Å². The molecule has 0 atom stereocenters. The van der Waals surface area contributed by atoms with Gasteiger partial charge in [-0.3, -0.25) is 4.79 Å². The highest BCUT2D eigenvalue weighted by Gasteiger charge is 2.06. The number of fused-ring (bicyclic) bond motifs is 1. The van der Waals surface area contributed by atoms with Crippen LogP contribution in [0.1, 0.15) is 11.4 Å². The van der Waals surface area contributed by atoms with Crippen molar-refractivity contribution < 1.29 is 0 Å². The van der Waals surface area contributed by atoms with Crippen LogP contribution in [-0.4, -0.2) is 16.2 Å². The molecule has 82 valence electrons. The first-order valence-electron chi connectivity index (χ1n) is 4.49. The molecule has 4 nitrogen and oxygen atoms in total. The highest BCUT2D eigenvalue weighted by molar-refractivity contribution is 7.79. The van der Waals surface area contributed by atoms with Crippen LogP contribution in [0.3, 0.4) is 0 Å². The number of halogens is 1. The third kappa shape index (κ3) is 1.96. The Bertz CT molecular complexity index is 636. The van der Waals surface area contributed by atoms with Gasteiger partial charge in [-0.15, -0.1) is 0 Å². The molecule has 0 amide bonds. The zero-order valence-electron chi connectivity index (χ0n) is 8.36. The molecule has 1 aromatic heterocycles. The third-order valence-electron chi connectivity index (χ3n) is 2.14. The van der Waals surface area contributed by atoms with Gasteiger partial charge in [-0.2, -0.15) is 0 Å². The van der Waals surface area contributed by atoms with Crippen molar-refractivity contribution in [1.29, 1.82) is 0 Å². The maximum absolute atomic E-state index is 11.7. The predicted octanol–water partition coefficient (Wildman–Crippen LogP) is 2.15. The van der Waals surface area contributed by atoms with E-state index in [1.807, 2.05) is 0 Å². The van der Waals surface area contributed by atoms with E-state index >= 15 is 0 Å². The van der Waals surface area contributed by atoms with E-state index in [1.54, 1.807) is 19.1 Å². The van der Waals surface area contributed by atoms with E-state index in [9.17, 15) is 4.79 Å². The van der Waals surface area contributed by atoms with E-state index in [1.165, 1.54) is 6.21 Å². The van der Waals surface area contributed by atoms with Crippen molar-refractivity contribution in [3.63, 3.8) is 0 Å². The average molecular weight is 254 g/mol. The maximum atomic E-state index is 11.7. The van der Waals surface area contributed by atoms with Gasteiger partial charge in [0.2, 0.25) is 0 Å².